The summed E-state index contributed by atoms with van der Waals surface area (Å²) in [5.74, 6) is -0.400. The first-order chi connectivity index (χ1) is 21.3. The van der Waals surface area contributed by atoms with Crippen molar-refractivity contribution in [3.8, 4) is 11.5 Å². The molecule has 0 aliphatic carbocycles. The van der Waals surface area contributed by atoms with E-state index in [1.54, 1.807) is 60.7 Å². The number of ketones is 1. The Bertz CT molecular complexity index is 1700. The minimum Gasteiger partial charge on any atom is -0.507 e. The minimum absolute atomic E-state index is 0.0550. The van der Waals surface area contributed by atoms with Gasteiger partial charge in [-0.15, -0.1) is 10.2 Å². The molecule has 12 heteroatoms. The van der Waals surface area contributed by atoms with Crippen LogP contribution in [0.5, 0.6) is 11.5 Å². The maximum absolute atomic E-state index is 13.6. The van der Waals surface area contributed by atoms with Gasteiger partial charge in [-0.25, -0.2) is 0 Å². The molecule has 1 amide bonds. The maximum atomic E-state index is 13.6. The first-order valence-electron chi connectivity index (χ1n) is 14.0. The number of benzene rings is 3. The van der Waals surface area contributed by atoms with Crippen LogP contribution in [0.15, 0.2) is 76.6 Å². The summed E-state index contributed by atoms with van der Waals surface area (Å²) in [6.07, 6.45) is 1.86. The van der Waals surface area contributed by atoms with E-state index in [4.69, 9.17) is 32.7 Å². The van der Waals surface area contributed by atoms with Crippen LogP contribution in [0.3, 0.4) is 0 Å². The van der Waals surface area contributed by atoms with E-state index >= 15 is 0 Å². The standard InChI is InChI=1S/C32H29Cl2N3O5S2/c1-3-5-15-42-24-14-12-20(16-25(24)41-4-2)27-26(28(38)19-9-7-6-8-10-19)29(39)30(40)37(27)31-35-36-32(44-31)43-18-21-11-13-22(33)17-23(21)34/h6-14,16-17,27,38H,3-5,15,18H2,1-2H3/b28-26+. The third-order valence-corrected chi connectivity index (χ3v) is 9.49. The highest BCUT2D eigenvalue weighted by Crippen LogP contribution is 2.46. The molecule has 1 aliphatic heterocycles. The number of anilines is 1. The molecule has 0 bridgehead atoms. The Morgan fingerprint density at radius 2 is 1.80 bits per heavy atom. The van der Waals surface area contributed by atoms with Crippen molar-refractivity contribution in [3.05, 3.63) is 99.0 Å². The van der Waals surface area contributed by atoms with Gasteiger partial charge in [0, 0.05) is 21.4 Å². The average molecular weight is 671 g/mol. The van der Waals surface area contributed by atoms with Gasteiger partial charge in [0.15, 0.2) is 15.8 Å². The maximum Gasteiger partial charge on any atom is 0.301 e. The van der Waals surface area contributed by atoms with Crippen LogP contribution in [0, 0.1) is 0 Å². The molecule has 228 valence electrons. The third kappa shape index (κ3) is 6.89. The fourth-order valence-corrected chi connectivity index (χ4v) is 7.07. The zero-order chi connectivity index (χ0) is 31.2. The number of hydrogen-bond acceptors (Lipinski definition) is 9. The normalized spacial score (nSPS) is 16.0. The summed E-state index contributed by atoms with van der Waals surface area (Å²) in [6, 6.07) is 18.2. The lowest BCUT2D eigenvalue weighted by Crippen LogP contribution is -2.29. The van der Waals surface area contributed by atoms with Gasteiger partial charge in [-0.3, -0.25) is 14.5 Å². The molecule has 0 radical (unpaired) electrons. The van der Waals surface area contributed by atoms with Crippen molar-refractivity contribution in [2.45, 2.75) is 42.8 Å². The van der Waals surface area contributed by atoms with Gasteiger partial charge in [0.1, 0.15) is 5.76 Å². The molecule has 5 rings (SSSR count). The number of hydrogen-bond donors (Lipinski definition) is 1. The Kier molecular flexibility index (Phi) is 10.5. The fourth-order valence-electron chi connectivity index (χ4n) is 4.64. The van der Waals surface area contributed by atoms with Gasteiger partial charge in [0.05, 0.1) is 24.8 Å². The number of aliphatic hydroxyl groups excluding tert-OH is 1. The van der Waals surface area contributed by atoms with Crippen LogP contribution in [-0.2, 0) is 15.3 Å². The molecule has 4 aromatic rings. The highest BCUT2D eigenvalue weighted by Gasteiger charge is 2.48. The summed E-state index contributed by atoms with van der Waals surface area (Å²) in [7, 11) is 0. The lowest BCUT2D eigenvalue weighted by molar-refractivity contribution is -0.132. The largest absolute Gasteiger partial charge is 0.507 e. The summed E-state index contributed by atoms with van der Waals surface area (Å²) in [6.45, 7) is 4.85. The SMILES string of the molecule is CCCCOc1ccc(C2/C(=C(\O)c3ccccc3)C(=O)C(=O)N2c2nnc(SCc3ccc(Cl)cc3Cl)s2)cc1OCC. The number of ether oxygens (including phenoxy) is 2. The monoisotopic (exact) mass is 669 g/mol. The molecule has 0 saturated carbocycles. The van der Waals surface area contributed by atoms with Gasteiger partial charge in [-0.1, -0.05) is 102 Å². The van der Waals surface area contributed by atoms with E-state index in [0.717, 1.165) is 18.4 Å². The van der Waals surface area contributed by atoms with Crippen molar-refractivity contribution >= 4 is 68.9 Å². The summed E-state index contributed by atoms with van der Waals surface area (Å²) in [4.78, 5) is 28.5. The molecule has 1 N–H and O–H groups in total. The first kappa shape index (κ1) is 31.8. The number of carbonyl (C=O) groups is 2. The van der Waals surface area contributed by atoms with Crippen LogP contribution in [0.4, 0.5) is 5.13 Å². The Balaban J connectivity index is 1.55. The van der Waals surface area contributed by atoms with Crippen LogP contribution in [0.1, 0.15) is 49.4 Å². The zero-order valence-corrected chi connectivity index (χ0v) is 27.1. The molecular weight excluding hydrogens is 641 g/mol. The van der Waals surface area contributed by atoms with E-state index in [-0.39, 0.29) is 16.5 Å². The minimum atomic E-state index is -0.990. The van der Waals surface area contributed by atoms with Crippen molar-refractivity contribution in [1.29, 1.82) is 0 Å². The van der Waals surface area contributed by atoms with Gasteiger partial charge in [0.25, 0.3) is 5.78 Å². The number of nitrogens with zero attached hydrogens (tertiary/aromatic N) is 3. The number of aliphatic hydroxyl groups is 1. The first-order valence-corrected chi connectivity index (χ1v) is 16.5. The van der Waals surface area contributed by atoms with Gasteiger partial charge in [0.2, 0.25) is 5.13 Å². The molecule has 1 unspecified atom stereocenters. The lowest BCUT2D eigenvalue weighted by atomic mass is 9.95. The van der Waals surface area contributed by atoms with E-state index in [1.807, 2.05) is 13.0 Å². The van der Waals surface area contributed by atoms with Crippen molar-refractivity contribution in [2.24, 2.45) is 0 Å². The highest BCUT2D eigenvalue weighted by molar-refractivity contribution is 8.00. The number of halogens is 2. The van der Waals surface area contributed by atoms with E-state index in [0.29, 0.717) is 56.0 Å². The number of aromatic nitrogens is 2. The lowest BCUT2D eigenvalue weighted by Gasteiger charge is -2.23. The van der Waals surface area contributed by atoms with Crippen LogP contribution in [0.25, 0.3) is 5.76 Å². The van der Waals surface area contributed by atoms with Gasteiger partial charge in [-0.2, -0.15) is 0 Å². The Labute approximate surface area is 273 Å². The number of Topliss-reactive ketones (excluding diaryl/α,β-unsaturated/α-hetero) is 1. The van der Waals surface area contributed by atoms with Crippen LogP contribution in [0.2, 0.25) is 10.0 Å². The van der Waals surface area contributed by atoms with Crippen LogP contribution >= 0.6 is 46.3 Å². The van der Waals surface area contributed by atoms with Crippen molar-refractivity contribution < 1.29 is 24.2 Å². The average Bonchev–Trinajstić information content (AvgIpc) is 3.59. The quantitative estimate of drug-likeness (QED) is 0.0401. The Hall–Kier alpha value is -3.57. The molecule has 3 aromatic carbocycles. The van der Waals surface area contributed by atoms with Gasteiger partial charge in [-0.05, 0) is 48.7 Å². The fraction of sp³-hybridized carbons (Fsp3) is 0.250. The summed E-state index contributed by atoms with van der Waals surface area (Å²) in [5.41, 5.74) is 1.77. The molecule has 1 fully saturated rings. The number of carbonyl (C=O) groups excluding carboxylic acids is 2. The third-order valence-electron chi connectivity index (χ3n) is 6.80. The van der Waals surface area contributed by atoms with E-state index in [9.17, 15) is 14.7 Å². The molecule has 1 aromatic heterocycles. The van der Waals surface area contributed by atoms with Crippen molar-refractivity contribution in [2.75, 3.05) is 18.1 Å². The molecule has 1 aliphatic rings. The van der Waals surface area contributed by atoms with Gasteiger partial charge < -0.3 is 14.6 Å². The number of rotatable bonds is 12. The molecule has 44 heavy (non-hydrogen) atoms. The summed E-state index contributed by atoms with van der Waals surface area (Å²) >= 11 is 14.9. The molecular formula is C32H29Cl2N3O5S2. The second kappa shape index (κ2) is 14.5. The van der Waals surface area contributed by atoms with Crippen molar-refractivity contribution in [1.82, 2.24) is 10.2 Å². The molecule has 0 spiro atoms. The van der Waals surface area contributed by atoms with Crippen LogP contribution in [-0.4, -0.2) is 40.2 Å². The van der Waals surface area contributed by atoms with Gasteiger partial charge >= 0.3 is 5.91 Å². The highest BCUT2D eigenvalue weighted by atomic mass is 35.5. The smallest absolute Gasteiger partial charge is 0.301 e. The number of unbranched alkanes of at least 4 members (excludes halogenated alkanes) is 1. The Morgan fingerprint density at radius 3 is 2.52 bits per heavy atom. The number of thioether (sulfide) groups is 1. The molecule has 8 nitrogen and oxygen atoms in total. The topological polar surface area (TPSA) is 102 Å². The van der Waals surface area contributed by atoms with E-state index in [1.165, 1.54) is 28.0 Å². The predicted octanol–water partition coefficient (Wildman–Crippen LogP) is 8.34. The zero-order valence-electron chi connectivity index (χ0n) is 24.0. The molecule has 1 atom stereocenters. The second-order valence-electron chi connectivity index (χ2n) is 9.75. The number of amides is 1. The van der Waals surface area contributed by atoms with Crippen LogP contribution < -0.4 is 14.4 Å². The molecule has 2 heterocycles. The Morgan fingerprint density at radius 1 is 1.00 bits per heavy atom. The van der Waals surface area contributed by atoms with E-state index < -0.39 is 17.7 Å². The van der Waals surface area contributed by atoms with E-state index in [2.05, 4.69) is 17.1 Å². The summed E-state index contributed by atoms with van der Waals surface area (Å²) in [5, 5.41) is 21.3. The predicted molar refractivity (Wildman–Crippen MR) is 175 cm³/mol. The molecule has 1 saturated heterocycles. The second-order valence-corrected chi connectivity index (χ2v) is 12.8. The summed E-state index contributed by atoms with van der Waals surface area (Å²) < 4.78 is 12.4. The van der Waals surface area contributed by atoms with Crippen molar-refractivity contribution in [3.63, 3.8) is 0 Å².